The fourth-order valence-corrected chi connectivity index (χ4v) is 7.46. The smallest absolute Gasteiger partial charge is 0.200 e. The van der Waals surface area contributed by atoms with Crippen LogP contribution >= 0.6 is 7.51 Å². The summed E-state index contributed by atoms with van der Waals surface area (Å²) >= 11 is 0. The van der Waals surface area contributed by atoms with Gasteiger partial charge in [0.05, 0.1) is 11.4 Å². The van der Waals surface area contributed by atoms with Gasteiger partial charge < -0.3 is 9.80 Å². The topological polar surface area (TPSA) is 40.9 Å². The Bertz CT molecular complexity index is 1010. The van der Waals surface area contributed by atoms with Gasteiger partial charge in [-0.15, -0.1) is 0 Å². The fraction of sp³-hybridized carbons (Fsp3) is 0.480. The van der Waals surface area contributed by atoms with Crippen molar-refractivity contribution in [3.8, 4) is 11.1 Å². The van der Waals surface area contributed by atoms with E-state index in [9.17, 15) is 0 Å². The van der Waals surface area contributed by atoms with E-state index in [0.29, 0.717) is 0 Å². The molecule has 0 aliphatic carbocycles. The largest absolute Gasteiger partial charge is 0.349 e. The lowest BCUT2D eigenvalue weighted by Crippen LogP contribution is -2.35. The van der Waals surface area contributed by atoms with E-state index in [4.69, 9.17) is 9.74 Å². The molecule has 7 nitrogen and oxygen atoms in total. The Balaban J connectivity index is 2.98. The maximum absolute atomic E-state index is 5.48. The van der Waals surface area contributed by atoms with Gasteiger partial charge in [-0.25, -0.2) is 9.74 Å². The molecule has 0 N–H and O–H groups in total. The molecule has 0 saturated carbocycles. The summed E-state index contributed by atoms with van der Waals surface area (Å²) in [5, 5.41) is 0. The van der Waals surface area contributed by atoms with E-state index in [1.165, 1.54) is 11.1 Å². The number of hydrogen-bond acceptors (Lipinski definition) is 2. The van der Waals surface area contributed by atoms with E-state index >= 15 is 0 Å². The van der Waals surface area contributed by atoms with Crippen LogP contribution in [0.25, 0.3) is 11.1 Å². The van der Waals surface area contributed by atoms with E-state index < -0.39 is 7.51 Å². The first-order valence-electron chi connectivity index (χ1n) is 11.1. The summed E-state index contributed by atoms with van der Waals surface area (Å²) in [6.45, 7) is 4.32. The first-order chi connectivity index (χ1) is 15.3. The summed E-state index contributed by atoms with van der Waals surface area (Å²) in [7, 11) is 18.6. The molecule has 2 rings (SSSR count). The second-order valence-electron chi connectivity index (χ2n) is 9.32. The molecule has 0 radical (unpaired) electrons. The molecular weight excluding hydrogens is 429 g/mol. The van der Waals surface area contributed by atoms with Crippen molar-refractivity contribution in [1.29, 1.82) is 0 Å². The third-order valence-electron chi connectivity index (χ3n) is 5.62. The molecule has 0 spiro atoms. The summed E-state index contributed by atoms with van der Waals surface area (Å²) in [4.78, 5) is 9.16. The molecular formula is C25H42N7P. The Morgan fingerprint density at radius 1 is 0.606 bits per heavy atom. The van der Waals surface area contributed by atoms with Crippen LogP contribution in [0.15, 0.2) is 46.1 Å². The molecule has 0 aliphatic heterocycles. The van der Waals surface area contributed by atoms with Gasteiger partial charge >= 0.3 is 0 Å². The highest BCUT2D eigenvalue weighted by molar-refractivity contribution is 7.59. The van der Waals surface area contributed by atoms with Crippen LogP contribution in [0, 0.1) is 13.8 Å². The third-order valence-corrected chi connectivity index (χ3v) is 9.33. The summed E-state index contributed by atoms with van der Waals surface area (Å²) in [6, 6.07) is 12.7. The van der Waals surface area contributed by atoms with Crippen LogP contribution in [0.1, 0.15) is 11.1 Å². The van der Waals surface area contributed by atoms with E-state index in [1.54, 1.807) is 0 Å². The fourth-order valence-electron chi connectivity index (χ4n) is 4.33. The molecule has 33 heavy (non-hydrogen) atoms. The third kappa shape index (κ3) is 5.49. The first kappa shape index (κ1) is 27.1. The van der Waals surface area contributed by atoms with Crippen molar-refractivity contribution in [2.45, 2.75) is 13.8 Å². The summed E-state index contributed by atoms with van der Waals surface area (Å²) in [5.74, 6) is 0.894. The van der Waals surface area contributed by atoms with E-state index in [1.807, 2.05) is 38.0 Å². The monoisotopic (exact) mass is 471 g/mol. The zero-order chi connectivity index (χ0) is 25.1. The van der Waals surface area contributed by atoms with Crippen LogP contribution in [-0.4, -0.2) is 100 Å². The lowest BCUT2D eigenvalue weighted by molar-refractivity contribution is 0.474. The molecule has 8 heteroatoms. The predicted octanol–water partition coefficient (Wildman–Crippen LogP) is 5.34. The minimum absolute atomic E-state index is 0.894. The van der Waals surface area contributed by atoms with Crippen molar-refractivity contribution in [3.63, 3.8) is 0 Å². The van der Waals surface area contributed by atoms with Gasteiger partial charge in [0.15, 0.2) is 7.51 Å². The maximum Gasteiger partial charge on any atom is 0.200 e. The first-order valence-corrected chi connectivity index (χ1v) is 12.7. The summed E-state index contributed by atoms with van der Waals surface area (Å²) in [6.07, 6.45) is 0. The maximum atomic E-state index is 5.48. The van der Waals surface area contributed by atoms with Crippen LogP contribution in [0.3, 0.4) is 0 Å². The van der Waals surface area contributed by atoms with Crippen LogP contribution in [-0.2, 0) is 0 Å². The normalized spacial score (nSPS) is 11.8. The highest BCUT2D eigenvalue weighted by Gasteiger charge is 2.29. The number of hydrogen-bond donors (Lipinski definition) is 0. The molecule has 0 unspecified atom stereocenters. The Morgan fingerprint density at radius 3 is 1.39 bits per heavy atom. The zero-order valence-corrected chi connectivity index (χ0v) is 23.4. The van der Waals surface area contributed by atoms with Crippen LogP contribution in [0.5, 0.6) is 0 Å². The molecule has 0 amide bonds. The Morgan fingerprint density at radius 2 is 1.00 bits per heavy atom. The van der Waals surface area contributed by atoms with Gasteiger partial charge in [-0.05, 0) is 79.4 Å². The van der Waals surface area contributed by atoms with Gasteiger partial charge in [0.25, 0.3) is 0 Å². The molecule has 0 bridgehead atoms. The minimum Gasteiger partial charge on any atom is -0.349 e. The van der Waals surface area contributed by atoms with Gasteiger partial charge in [-0.2, -0.15) is 0 Å². The Hall–Kier alpha value is -2.18. The lowest BCUT2D eigenvalue weighted by atomic mass is 9.93. The SMILES string of the molecule is Cc1cccc(N=C(N(C)C)N(C)C)c1-c1c(C)cccc1N=P(N(C)C)(N(C)C)N(C)C. The quantitative estimate of drug-likeness (QED) is 0.323. The Labute approximate surface area is 201 Å². The second kappa shape index (κ2) is 10.8. The van der Waals surface area contributed by atoms with Crippen molar-refractivity contribution in [1.82, 2.24) is 23.8 Å². The number of guanidine groups is 1. The number of rotatable bonds is 6. The standard InChI is InChI=1S/C25H42N7P/c1-19-15-13-17-21(26-25(28(3)4)29(5)6)23(19)24-20(2)16-14-18-22(24)27-33(30(7)8,31(9)10)32(11)12/h13-18H,1-12H3. The number of aryl methyl sites for hydroxylation is 2. The number of benzene rings is 2. The zero-order valence-electron chi connectivity index (χ0n) is 22.5. The van der Waals surface area contributed by atoms with Crippen molar-refractivity contribution in [3.05, 3.63) is 47.5 Å². The van der Waals surface area contributed by atoms with Gasteiger partial charge in [0.2, 0.25) is 5.96 Å². The summed E-state index contributed by atoms with van der Waals surface area (Å²) in [5.41, 5.74) is 6.57. The van der Waals surface area contributed by atoms with Gasteiger partial charge in [0.1, 0.15) is 0 Å². The molecule has 182 valence electrons. The van der Waals surface area contributed by atoms with Crippen LogP contribution < -0.4 is 0 Å². The molecule has 0 heterocycles. The van der Waals surface area contributed by atoms with Crippen LogP contribution in [0.4, 0.5) is 11.4 Å². The molecule has 0 aliphatic rings. The minimum atomic E-state index is -2.12. The number of nitrogens with zero attached hydrogens (tertiary/aromatic N) is 7. The van der Waals surface area contributed by atoms with Crippen molar-refractivity contribution < 1.29 is 0 Å². The van der Waals surface area contributed by atoms with Crippen molar-refractivity contribution in [2.24, 2.45) is 9.74 Å². The highest BCUT2D eigenvalue weighted by atomic mass is 31.2. The van der Waals surface area contributed by atoms with E-state index in [-0.39, 0.29) is 0 Å². The molecule has 0 atom stereocenters. The second-order valence-corrected chi connectivity index (χ2v) is 13.0. The molecule has 0 fully saturated rings. The predicted molar refractivity (Wildman–Crippen MR) is 146 cm³/mol. The Kier molecular flexibility index (Phi) is 8.88. The van der Waals surface area contributed by atoms with Crippen molar-refractivity contribution >= 4 is 24.8 Å². The van der Waals surface area contributed by atoms with Gasteiger partial charge in [0, 0.05) is 39.3 Å². The van der Waals surface area contributed by atoms with E-state index in [2.05, 4.69) is 107 Å². The lowest BCUT2D eigenvalue weighted by Gasteiger charge is -2.41. The molecule has 0 aromatic heterocycles. The average Bonchev–Trinajstić information content (AvgIpc) is 2.69. The van der Waals surface area contributed by atoms with Gasteiger partial charge in [-0.3, -0.25) is 14.0 Å². The number of aliphatic imine (C=N–C) groups is 1. The van der Waals surface area contributed by atoms with Gasteiger partial charge in [-0.1, -0.05) is 24.3 Å². The molecule has 0 saturated heterocycles. The molecule has 2 aromatic rings. The van der Waals surface area contributed by atoms with Crippen LogP contribution in [0.2, 0.25) is 0 Å². The van der Waals surface area contributed by atoms with E-state index in [0.717, 1.165) is 28.5 Å². The average molecular weight is 472 g/mol. The highest BCUT2D eigenvalue weighted by Crippen LogP contribution is 2.58. The summed E-state index contributed by atoms with van der Waals surface area (Å²) < 4.78 is 12.2. The molecule has 2 aromatic carbocycles. The van der Waals surface area contributed by atoms with Crippen molar-refractivity contribution in [2.75, 3.05) is 70.5 Å².